The molecule has 1 rings (SSSR count). The summed E-state index contributed by atoms with van der Waals surface area (Å²) in [4.78, 5) is 0.272. The number of rotatable bonds is 6. The van der Waals surface area contributed by atoms with Crippen LogP contribution in [0.25, 0.3) is 6.08 Å². The van der Waals surface area contributed by atoms with Crippen LogP contribution in [0.5, 0.6) is 0 Å². The van der Waals surface area contributed by atoms with Gasteiger partial charge in [0.1, 0.15) is 0 Å². The Hall–Kier alpha value is -1.13. The predicted molar refractivity (Wildman–Crippen MR) is 66.3 cm³/mol. The first-order chi connectivity index (χ1) is 7.61. The SMILES string of the molecule is [CH2]CCCNS(=O)(=O)c1ccccc1C=C. The van der Waals surface area contributed by atoms with Crippen molar-refractivity contribution in [3.63, 3.8) is 0 Å². The molecule has 1 aromatic carbocycles. The third kappa shape index (κ3) is 3.18. The lowest BCUT2D eigenvalue weighted by molar-refractivity contribution is 0.579. The van der Waals surface area contributed by atoms with Gasteiger partial charge < -0.3 is 0 Å². The molecule has 0 spiro atoms. The molecule has 0 aliphatic carbocycles. The number of nitrogens with one attached hydrogen (secondary N) is 1. The fraction of sp³-hybridized carbons (Fsp3) is 0.250. The van der Waals surface area contributed by atoms with E-state index in [0.29, 0.717) is 18.5 Å². The number of benzene rings is 1. The van der Waals surface area contributed by atoms with Gasteiger partial charge in [0, 0.05) is 6.54 Å². The first kappa shape index (κ1) is 12.9. The largest absolute Gasteiger partial charge is 0.241 e. The number of hydrogen-bond acceptors (Lipinski definition) is 2. The smallest absolute Gasteiger partial charge is 0.211 e. The third-order valence-corrected chi connectivity index (χ3v) is 3.68. The topological polar surface area (TPSA) is 46.2 Å². The summed E-state index contributed by atoms with van der Waals surface area (Å²) in [5, 5.41) is 0. The summed E-state index contributed by atoms with van der Waals surface area (Å²) in [5.41, 5.74) is 0.615. The molecule has 4 heteroatoms. The zero-order valence-corrected chi connectivity index (χ0v) is 9.96. The molecule has 3 nitrogen and oxygen atoms in total. The number of sulfonamides is 1. The van der Waals surface area contributed by atoms with Gasteiger partial charge >= 0.3 is 0 Å². The van der Waals surface area contributed by atoms with Crippen LogP contribution in [0.4, 0.5) is 0 Å². The maximum absolute atomic E-state index is 11.9. The van der Waals surface area contributed by atoms with Gasteiger partial charge in [-0.25, -0.2) is 13.1 Å². The van der Waals surface area contributed by atoms with Crippen molar-refractivity contribution in [1.82, 2.24) is 4.72 Å². The molecular formula is C12H16NO2S. The van der Waals surface area contributed by atoms with Gasteiger partial charge in [-0.3, -0.25) is 0 Å². The van der Waals surface area contributed by atoms with E-state index in [2.05, 4.69) is 18.2 Å². The van der Waals surface area contributed by atoms with E-state index in [1.165, 1.54) is 6.08 Å². The van der Waals surface area contributed by atoms with E-state index in [4.69, 9.17) is 0 Å². The van der Waals surface area contributed by atoms with Gasteiger partial charge in [-0.1, -0.05) is 44.2 Å². The molecule has 87 valence electrons. The minimum absolute atomic E-state index is 0.272. The van der Waals surface area contributed by atoms with Crippen molar-refractivity contribution < 1.29 is 8.42 Å². The summed E-state index contributed by atoms with van der Waals surface area (Å²) in [5.74, 6) is 0. The molecule has 0 unspecified atom stereocenters. The first-order valence-corrected chi connectivity index (χ1v) is 6.60. The summed E-state index contributed by atoms with van der Waals surface area (Å²) in [7, 11) is -3.42. The third-order valence-electron chi connectivity index (χ3n) is 2.15. The monoisotopic (exact) mass is 238 g/mol. The molecule has 1 aromatic rings. The average Bonchev–Trinajstić information content (AvgIpc) is 2.29. The second-order valence-corrected chi connectivity index (χ2v) is 5.08. The summed E-state index contributed by atoms with van der Waals surface area (Å²) < 4.78 is 26.4. The second kappa shape index (κ2) is 5.82. The molecule has 0 saturated carbocycles. The van der Waals surface area contributed by atoms with Crippen LogP contribution in [0.15, 0.2) is 35.7 Å². The molecule has 0 aliphatic heterocycles. The van der Waals surface area contributed by atoms with Gasteiger partial charge in [0.05, 0.1) is 4.90 Å². The van der Waals surface area contributed by atoms with E-state index >= 15 is 0 Å². The van der Waals surface area contributed by atoms with Gasteiger partial charge in [-0.2, -0.15) is 0 Å². The lowest BCUT2D eigenvalue weighted by atomic mass is 10.2. The van der Waals surface area contributed by atoms with Crippen LogP contribution in [-0.4, -0.2) is 15.0 Å². The van der Waals surface area contributed by atoms with Crippen molar-refractivity contribution in [2.45, 2.75) is 17.7 Å². The lowest BCUT2D eigenvalue weighted by Gasteiger charge is -2.08. The van der Waals surface area contributed by atoms with Crippen molar-refractivity contribution in [2.75, 3.05) is 6.54 Å². The Labute approximate surface area is 97.2 Å². The average molecular weight is 238 g/mol. The molecule has 1 N–H and O–H groups in total. The maximum Gasteiger partial charge on any atom is 0.241 e. The van der Waals surface area contributed by atoms with E-state index in [9.17, 15) is 8.42 Å². The molecule has 0 aliphatic rings. The Morgan fingerprint density at radius 3 is 2.62 bits per heavy atom. The highest BCUT2D eigenvalue weighted by molar-refractivity contribution is 7.89. The van der Waals surface area contributed by atoms with Crippen molar-refractivity contribution in [3.05, 3.63) is 43.3 Å². The molecule has 1 radical (unpaired) electrons. The normalized spacial score (nSPS) is 11.3. The van der Waals surface area contributed by atoms with Crippen LogP contribution in [-0.2, 0) is 10.0 Å². The van der Waals surface area contributed by atoms with Gasteiger partial charge in [0.2, 0.25) is 10.0 Å². The minimum Gasteiger partial charge on any atom is -0.211 e. The summed E-state index contributed by atoms with van der Waals surface area (Å²) in [6, 6.07) is 6.78. The van der Waals surface area contributed by atoms with Gasteiger partial charge in [-0.05, 0) is 18.1 Å². The van der Waals surface area contributed by atoms with E-state index < -0.39 is 10.0 Å². The number of hydrogen-bond donors (Lipinski definition) is 1. The Bertz CT molecular complexity index is 452. The zero-order chi connectivity index (χ0) is 12.0. The first-order valence-electron chi connectivity index (χ1n) is 5.12. The molecule has 16 heavy (non-hydrogen) atoms. The standard InChI is InChI=1S/C12H16NO2S/c1-3-5-10-13-16(14,15)12-9-7-6-8-11(12)4-2/h4,6-9,13H,1-3,5,10H2. The highest BCUT2D eigenvalue weighted by atomic mass is 32.2. The maximum atomic E-state index is 11.9. The molecule has 0 amide bonds. The van der Waals surface area contributed by atoms with E-state index in [0.717, 1.165) is 6.42 Å². The lowest BCUT2D eigenvalue weighted by Crippen LogP contribution is -2.25. The molecule has 0 heterocycles. The minimum atomic E-state index is -3.42. The van der Waals surface area contributed by atoms with Crippen molar-refractivity contribution in [3.8, 4) is 0 Å². The van der Waals surface area contributed by atoms with Crippen LogP contribution in [0, 0.1) is 6.92 Å². The fourth-order valence-corrected chi connectivity index (χ4v) is 2.59. The Morgan fingerprint density at radius 1 is 1.31 bits per heavy atom. The predicted octanol–water partition coefficient (Wildman–Crippen LogP) is 2.22. The molecule has 0 aromatic heterocycles. The quantitative estimate of drug-likeness (QED) is 0.772. The van der Waals surface area contributed by atoms with Gasteiger partial charge in [0.15, 0.2) is 0 Å². The number of unbranched alkanes of at least 4 members (excludes halogenated alkanes) is 1. The zero-order valence-electron chi connectivity index (χ0n) is 9.15. The van der Waals surface area contributed by atoms with E-state index in [-0.39, 0.29) is 4.90 Å². The molecule has 0 saturated heterocycles. The van der Waals surface area contributed by atoms with Crippen LogP contribution in [0.1, 0.15) is 18.4 Å². The van der Waals surface area contributed by atoms with Gasteiger partial charge in [-0.15, -0.1) is 0 Å². The molecule has 0 fully saturated rings. The van der Waals surface area contributed by atoms with Crippen LogP contribution in [0.3, 0.4) is 0 Å². The van der Waals surface area contributed by atoms with Crippen LogP contribution < -0.4 is 4.72 Å². The van der Waals surface area contributed by atoms with Crippen molar-refractivity contribution >= 4 is 16.1 Å². The Morgan fingerprint density at radius 2 is 2.00 bits per heavy atom. The van der Waals surface area contributed by atoms with E-state index in [1.54, 1.807) is 24.3 Å². The Kier molecular flexibility index (Phi) is 4.71. The molecular weight excluding hydrogens is 222 g/mol. The van der Waals surface area contributed by atoms with Crippen LogP contribution >= 0.6 is 0 Å². The van der Waals surface area contributed by atoms with Crippen molar-refractivity contribution in [2.24, 2.45) is 0 Å². The Balaban J connectivity index is 2.93. The highest BCUT2D eigenvalue weighted by Crippen LogP contribution is 2.15. The summed E-state index contributed by atoms with van der Waals surface area (Å²) >= 11 is 0. The highest BCUT2D eigenvalue weighted by Gasteiger charge is 2.15. The van der Waals surface area contributed by atoms with Gasteiger partial charge in [0.25, 0.3) is 0 Å². The van der Waals surface area contributed by atoms with E-state index in [1.807, 2.05) is 0 Å². The van der Waals surface area contributed by atoms with Crippen LogP contribution in [0.2, 0.25) is 0 Å². The molecule has 0 atom stereocenters. The second-order valence-electron chi connectivity index (χ2n) is 3.35. The summed E-state index contributed by atoms with van der Waals surface area (Å²) in [6.45, 7) is 7.67. The summed E-state index contributed by atoms with van der Waals surface area (Å²) in [6.07, 6.45) is 2.98. The molecule has 0 bridgehead atoms. The van der Waals surface area contributed by atoms with Crippen molar-refractivity contribution in [1.29, 1.82) is 0 Å². The fourth-order valence-electron chi connectivity index (χ4n) is 1.30.